The molecule has 1 aliphatic carbocycles. The van der Waals surface area contributed by atoms with E-state index in [1.165, 1.54) is 64.5 Å². The molecule has 2 rings (SSSR count). The maximum atomic E-state index is 3.83. The normalized spacial score (nSPS) is 38.3. The molecule has 18 heavy (non-hydrogen) atoms. The summed E-state index contributed by atoms with van der Waals surface area (Å²) < 4.78 is 0. The highest BCUT2D eigenvalue weighted by atomic mass is 15.0. The summed E-state index contributed by atoms with van der Waals surface area (Å²) in [6.07, 6.45) is 11.2. The molecule has 0 aromatic heterocycles. The fourth-order valence-corrected chi connectivity index (χ4v) is 3.62. The number of piperidine rings is 1. The van der Waals surface area contributed by atoms with Crippen LogP contribution in [0.15, 0.2) is 0 Å². The van der Waals surface area contributed by atoms with Gasteiger partial charge in [-0.25, -0.2) is 0 Å². The van der Waals surface area contributed by atoms with Crippen molar-refractivity contribution in [3.8, 4) is 0 Å². The predicted octanol–water partition coefficient (Wildman–Crippen LogP) is 3.32. The Hall–Kier alpha value is -0.0800. The Labute approximate surface area is 113 Å². The van der Waals surface area contributed by atoms with E-state index >= 15 is 0 Å². The van der Waals surface area contributed by atoms with E-state index < -0.39 is 0 Å². The number of nitrogens with one attached hydrogen (secondary N) is 2. The van der Waals surface area contributed by atoms with Crippen LogP contribution in [-0.4, -0.2) is 25.2 Å². The zero-order valence-corrected chi connectivity index (χ0v) is 12.4. The number of rotatable bonds is 4. The zero-order chi connectivity index (χ0) is 12.8. The van der Waals surface area contributed by atoms with Gasteiger partial charge in [0.1, 0.15) is 0 Å². The molecule has 2 N–H and O–H groups in total. The minimum atomic E-state index is 0.726. The Balaban J connectivity index is 1.67. The van der Waals surface area contributed by atoms with Crippen LogP contribution in [0.4, 0.5) is 0 Å². The molecular weight excluding hydrogens is 220 g/mol. The first-order chi connectivity index (χ1) is 8.78. The molecule has 1 aliphatic heterocycles. The topological polar surface area (TPSA) is 24.1 Å². The molecule has 4 atom stereocenters. The molecule has 2 nitrogen and oxygen atoms in total. The predicted molar refractivity (Wildman–Crippen MR) is 78.8 cm³/mol. The fraction of sp³-hybridized carbons (Fsp3) is 1.00. The van der Waals surface area contributed by atoms with E-state index in [1.807, 2.05) is 0 Å². The van der Waals surface area contributed by atoms with Gasteiger partial charge in [-0.1, -0.05) is 33.1 Å². The van der Waals surface area contributed by atoms with Crippen molar-refractivity contribution >= 4 is 0 Å². The summed E-state index contributed by atoms with van der Waals surface area (Å²) in [7, 11) is 0. The Kier molecular flexibility index (Phi) is 5.97. The van der Waals surface area contributed by atoms with Gasteiger partial charge in [0.2, 0.25) is 0 Å². The molecule has 0 bridgehead atoms. The van der Waals surface area contributed by atoms with Crippen LogP contribution < -0.4 is 10.6 Å². The molecule has 2 aliphatic rings. The molecule has 0 aromatic rings. The van der Waals surface area contributed by atoms with Gasteiger partial charge in [0.25, 0.3) is 0 Å². The first kappa shape index (κ1) is 14.3. The Bertz CT molecular complexity index is 227. The van der Waals surface area contributed by atoms with Crippen LogP contribution in [0.25, 0.3) is 0 Å². The first-order valence-corrected chi connectivity index (χ1v) is 8.24. The second-order valence-electron chi connectivity index (χ2n) is 6.67. The van der Waals surface area contributed by atoms with E-state index in [2.05, 4.69) is 24.5 Å². The maximum absolute atomic E-state index is 3.83. The van der Waals surface area contributed by atoms with E-state index in [1.54, 1.807) is 0 Å². The molecule has 0 aromatic carbocycles. The van der Waals surface area contributed by atoms with E-state index in [0.717, 1.165) is 23.9 Å². The Morgan fingerprint density at radius 3 is 2.83 bits per heavy atom. The van der Waals surface area contributed by atoms with Crippen molar-refractivity contribution in [1.82, 2.24) is 10.6 Å². The van der Waals surface area contributed by atoms with Crippen LogP contribution in [0.5, 0.6) is 0 Å². The summed E-state index contributed by atoms with van der Waals surface area (Å²) in [4.78, 5) is 0. The Morgan fingerprint density at radius 2 is 2.00 bits per heavy atom. The molecule has 0 radical (unpaired) electrons. The molecular formula is C16H32N2. The lowest BCUT2D eigenvalue weighted by atomic mass is 9.90. The van der Waals surface area contributed by atoms with Gasteiger partial charge in [0.15, 0.2) is 0 Å². The number of hydrogen-bond acceptors (Lipinski definition) is 2. The van der Waals surface area contributed by atoms with E-state index in [0.29, 0.717) is 0 Å². The van der Waals surface area contributed by atoms with Gasteiger partial charge < -0.3 is 10.6 Å². The summed E-state index contributed by atoms with van der Waals surface area (Å²) >= 11 is 0. The average Bonchev–Trinajstić information content (AvgIpc) is 2.61. The highest BCUT2D eigenvalue weighted by molar-refractivity contribution is 4.82. The molecule has 0 spiro atoms. The van der Waals surface area contributed by atoms with Gasteiger partial charge in [-0.05, 0) is 50.5 Å². The van der Waals surface area contributed by atoms with Crippen LogP contribution in [0, 0.1) is 11.8 Å². The molecule has 1 saturated carbocycles. The molecule has 4 unspecified atom stereocenters. The van der Waals surface area contributed by atoms with Gasteiger partial charge in [-0.15, -0.1) is 0 Å². The minimum absolute atomic E-state index is 0.726. The fourth-order valence-electron chi connectivity index (χ4n) is 3.62. The second-order valence-corrected chi connectivity index (χ2v) is 6.67. The summed E-state index contributed by atoms with van der Waals surface area (Å²) in [5.41, 5.74) is 0. The molecule has 2 heteroatoms. The molecule has 0 amide bonds. The van der Waals surface area contributed by atoms with Gasteiger partial charge in [-0.3, -0.25) is 0 Å². The Morgan fingerprint density at radius 1 is 1.11 bits per heavy atom. The van der Waals surface area contributed by atoms with Crippen LogP contribution in [-0.2, 0) is 0 Å². The third kappa shape index (κ3) is 4.55. The molecule has 106 valence electrons. The molecule has 1 heterocycles. The zero-order valence-electron chi connectivity index (χ0n) is 12.4. The maximum Gasteiger partial charge on any atom is 0.0195 e. The highest BCUT2D eigenvalue weighted by Gasteiger charge is 2.21. The quantitative estimate of drug-likeness (QED) is 0.750. The lowest BCUT2D eigenvalue weighted by Crippen LogP contribution is -2.46. The van der Waals surface area contributed by atoms with Gasteiger partial charge in [0, 0.05) is 18.6 Å². The van der Waals surface area contributed by atoms with Crippen molar-refractivity contribution in [2.24, 2.45) is 11.8 Å². The van der Waals surface area contributed by atoms with Crippen LogP contribution in [0.2, 0.25) is 0 Å². The van der Waals surface area contributed by atoms with Crippen molar-refractivity contribution in [1.29, 1.82) is 0 Å². The first-order valence-electron chi connectivity index (χ1n) is 8.24. The highest BCUT2D eigenvalue weighted by Crippen LogP contribution is 2.23. The van der Waals surface area contributed by atoms with E-state index in [9.17, 15) is 0 Å². The van der Waals surface area contributed by atoms with Gasteiger partial charge >= 0.3 is 0 Å². The lowest BCUT2D eigenvalue weighted by molar-refractivity contribution is 0.278. The number of hydrogen-bond donors (Lipinski definition) is 2. The smallest absolute Gasteiger partial charge is 0.0195 e. The third-order valence-electron chi connectivity index (χ3n) is 5.09. The van der Waals surface area contributed by atoms with E-state index in [4.69, 9.17) is 0 Å². The van der Waals surface area contributed by atoms with Crippen LogP contribution in [0.3, 0.4) is 0 Å². The van der Waals surface area contributed by atoms with Crippen molar-refractivity contribution in [3.05, 3.63) is 0 Å². The van der Waals surface area contributed by atoms with Crippen molar-refractivity contribution in [3.63, 3.8) is 0 Å². The van der Waals surface area contributed by atoms with Crippen molar-refractivity contribution in [2.45, 2.75) is 77.3 Å². The van der Waals surface area contributed by atoms with E-state index in [-0.39, 0.29) is 0 Å². The largest absolute Gasteiger partial charge is 0.313 e. The van der Waals surface area contributed by atoms with Crippen molar-refractivity contribution < 1.29 is 0 Å². The SMILES string of the molecule is CCC1CCNC(CNC2CCCC(C)CC2)C1. The summed E-state index contributed by atoms with van der Waals surface area (Å²) in [6.45, 7) is 7.17. The summed E-state index contributed by atoms with van der Waals surface area (Å²) in [5, 5.41) is 7.52. The van der Waals surface area contributed by atoms with Crippen LogP contribution >= 0.6 is 0 Å². The summed E-state index contributed by atoms with van der Waals surface area (Å²) in [5.74, 6) is 1.92. The molecule has 1 saturated heterocycles. The summed E-state index contributed by atoms with van der Waals surface area (Å²) in [6, 6.07) is 1.52. The minimum Gasteiger partial charge on any atom is -0.313 e. The monoisotopic (exact) mass is 252 g/mol. The lowest BCUT2D eigenvalue weighted by Gasteiger charge is -2.31. The van der Waals surface area contributed by atoms with Gasteiger partial charge in [-0.2, -0.15) is 0 Å². The standard InChI is InChI=1S/C16H32N2/c1-3-14-9-10-17-16(11-14)12-18-15-6-4-5-13(2)7-8-15/h13-18H,3-12H2,1-2H3. The van der Waals surface area contributed by atoms with Crippen LogP contribution in [0.1, 0.15) is 65.2 Å². The van der Waals surface area contributed by atoms with Gasteiger partial charge in [0.05, 0.1) is 0 Å². The average molecular weight is 252 g/mol. The molecule has 2 fully saturated rings. The van der Waals surface area contributed by atoms with Crippen molar-refractivity contribution in [2.75, 3.05) is 13.1 Å². The second kappa shape index (κ2) is 7.49. The third-order valence-corrected chi connectivity index (χ3v) is 5.09.